The zero-order chi connectivity index (χ0) is 24.9. The summed E-state index contributed by atoms with van der Waals surface area (Å²) in [6.45, 7) is 0.395. The first-order valence-electron chi connectivity index (χ1n) is 12.5. The van der Waals surface area contributed by atoms with Crippen LogP contribution in [0.5, 0.6) is 5.75 Å². The number of fused-ring (bicyclic) bond motifs is 1. The molecular weight excluding hydrogens is 458 g/mol. The second-order valence-electron chi connectivity index (χ2n) is 10.3. The number of benzene rings is 3. The van der Waals surface area contributed by atoms with Gasteiger partial charge in [-0.05, 0) is 78.6 Å². The summed E-state index contributed by atoms with van der Waals surface area (Å²) in [4.78, 5) is 13.2. The molecular formula is C30H28F2N2O2. The lowest BCUT2D eigenvalue weighted by Gasteiger charge is -2.54. The fourth-order valence-corrected chi connectivity index (χ4v) is 5.95. The SMILES string of the molecule is COc1cc(-c2cccc(F)c2)ccc1Cn1ccc2c(F)ccc(C(=O)NC3CC4(CCC4)C3)c21. The molecule has 1 spiro atoms. The summed E-state index contributed by atoms with van der Waals surface area (Å²) in [5.74, 6) is -0.174. The summed E-state index contributed by atoms with van der Waals surface area (Å²) in [6, 6.07) is 17.0. The van der Waals surface area contributed by atoms with Crippen LogP contribution in [-0.2, 0) is 6.54 Å². The Morgan fingerprint density at radius 1 is 1.06 bits per heavy atom. The van der Waals surface area contributed by atoms with Gasteiger partial charge >= 0.3 is 0 Å². The molecule has 3 aromatic carbocycles. The van der Waals surface area contributed by atoms with E-state index in [2.05, 4.69) is 5.32 Å². The van der Waals surface area contributed by atoms with E-state index in [1.165, 1.54) is 37.5 Å². The Kier molecular flexibility index (Phi) is 5.55. The van der Waals surface area contributed by atoms with Gasteiger partial charge < -0.3 is 14.6 Å². The van der Waals surface area contributed by atoms with E-state index in [1.54, 1.807) is 31.5 Å². The third-order valence-electron chi connectivity index (χ3n) is 8.01. The summed E-state index contributed by atoms with van der Waals surface area (Å²) in [5, 5.41) is 3.59. The van der Waals surface area contributed by atoms with Gasteiger partial charge in [0.05, 0.1) is 24.7 Å². The van der Waals surface area contributed by atoms with Crippen molar-refractivity contribution in [2.45, 2.75) is 44.7 Å². The molecule has 2 aliphatic rings. The van der Waals surface area contributed by atoms with Crippen LogP contribution in [0.15, 0.2) is 66.9 Å². The lowest BCUT2D eigenvalue weighted by molar-refractivity contribution is -0.000603. The number of carbonyl (C=O) groups excluding carboxylic acids is 1. The molecule has 1 amide bonds. The van der Waals surface area contributed by atoms with Gasteiger partial charge in [0.2, 0.25) is 0 Å². The summed E-state index contributed by atoms with van der Waals surface area (Å²) >= 11 is 0. The highest BCUT2D eigenvalue weighted by atomic mass is 19.1. The fraction of sp³-hybridized carbons (Fsp3) is 0.300. The van der Waals surface area contributed by atoms with Crippen molar-refractivity contribution in [2.75, 3.05) is 7.11 Å². The maximum absolute atomic E-state index is 14.7. The number of hydrogen-bond acceptors (Lipinski definition) is 2. The van der Waals surface area contributed by atoms with Crippen molar-refractivity contribution in [1.82, 2.24) is 9.88 Å². The molecule has 0 bridgehead atoms. The van der Waals surface area contributed by atoms with Gasteiger partial charge in [0, 0.05) is 23.2 Å². The lowest BCUT2D eigenvalue weighted by Crippen LogP contribution is -2.53. The molecule has 184 valence electrons. The Morgan fingerprint density at radius 2 is 1.86 bits per heavy atom. The fourth-order valence-electron chi connectivity index (χ4n) is 5.95. The number of aromatic nitrogens is 1. The molecule has 4 nitrogen and oxygen atoms in total. The summed E-state index contributed by atoms with van der Waals surface area (Å²) in [5.41, 5.74) is 3.97. The molecule has 0 atom stereocenters. The van der Waals surface area contributed by atoms with Gasteiger partial charge in [0.1, 0.15) is 17.4 Å². The van der Waals surface area contributed by atoms with Crippen LogP contribution in [0, 0.1) is 17.0 Å². The molecule has 1 heterocycles. The van der Waals surface area contributed by atoms with E-state index in [0.717, 1.165) is 29.5 Å². The molecule has 0 unspecified atom stereocenters. The largest absolute Gasteiger partial charge is 0.496 e. The number of hydrogen-bond donors (Lipinski definition) is 1. The number of methoxy groups -OCH3 is 1. The van der Waals surface area contributed by atoms with Gasteiger partial charge in [0.15, 0.2) is 0 Å². The molecule has 1 N–H and O–H groups in total. The lowest BCUT2D eigenvalue weighted by atomic mass is 9.54. The maximum Gasteiger partial charge on any atom is 0.253 e. The molecule has 4 aromatic rings. The minimum Gasteiger partial charge on any atom is -0.496 e. The molecule has 36 heavy (non-hydrogen) atoms. The Balaban J connectivity index is 1.30. The number of rotatable bonds is 6. The van der Waals surface area contributed by atoms with Crippen molar-refractivity contribution in [3.05, 3.63) is 89.6 Å². The Morgan fingerprint density at radius 3 is 2.58 bits per heavy atom. The number of halogens is 2. The first kappa shape index (κ1) is 22.8. The molecule has 1 aromatic heterocycles. The molecule has 0 saturated heterocycles. The zero-order valence-corrected chi connectivity index (χ0v) is 20.2. The van der Waals surface area contributed by atoms with Crippen molar-refractivity contribution in [1.29, 1.82) is 0 Å². The normalized spacial score (nSPS) is 16.5. The number of nitrogens with zero attached hydrogens (tertiary/aromatic N) is 1. The third kappa shape index (κ3) is 3.94. The minimum atomic E-state index is -0.356. The van der Waals surface area contributed by atoms with Crippen LogP contribution < -0.4 is 10.1 Å². The van der Waals surface area contributed by atoms with Crippen LogP contribution >= 0.6 is 0 Å². The molecule has 2 saturated carbocycles. The molecule has 6 rings (SSSR count). The average molecular weight is 487 g/mol. The molecule has 6 heteroatoms. The smallest absolute Gasteiger partial charge is 0.253 e. The highest BCUT2D eigenvalue weighted by Crippen LogP contribution is 2.55. The van der Waals surface area contributed by atoms with Crippen LogP contribution in [0.25, 0.3) is 22.0 Å². The quantitative estimate of drug-likeness (QED) is 0.329. The monoisotopic (exact) mass is 486 g/mol. The van der Waals surface area contributed by atoms with E-state index >= 15 is 0 Å². The molecule has 2 aliphatic carbocycles. The highest BCUT2D eigenvalue weighted by Gasteiger charge is 2.48. The maximum atomic E-state index is 14.7. The number of amides is 1. The van der Waals surface area contributed by atoms with E-state index < -0.39 is 0 Å². The minimum absolute atomic E-state index is 0.160. The molecule has 0 radical (unpaired) electrons. The Hall–Kier alpha value is -3.67. The number of carbonyl (C=O) groups is 1. The predicted octanol–water partition coefficient (Wildman–Crippen LogP) is 6.71. The third-order valence-corrected chi connectivity index (χ3v) is 8.01. The van der Waals surface area contributed by atoms with Gasteiger partial charge in [-0.2, -0.15) is 0 Å². The van der Waals surface area contributed by atoms with Gasteiger partial charge in [0.25, 0.3) is 5.91 Å². The van der Waals surface area contributed by atoms with E-state index in [4.69, 9.17) is 4.74 Å². The zero-order valence-electron chi connectivity index (χ0n) is 20.2. The molecule has 0 aliphatic heterocycles. The van der Waals surface area contributed by atoms with Crippen LogP contribution in [0.2, 0.25) is 0 Å². The second kappa shape index (κ2) is 8.77. The van der Waals surface area contributed by atoms with E-state index in [-0.39, 0.29) is 23.6 Å². The van der Waals surface area contributed by atoms with E-state index in [9.17, 15) is 13.6 Å². The number of ether oxygens (including phenoxy) is 1. The first-order chi connectivity index (χ1) is 17.4. The number of nitrogens with one attached hydrogen (secondary N) is 1. The second-order valence-corrected chi connectivity index (χ2v) is 10.3. The Bertz CT molecular complexity index is 1460. The van der Waals surface area contributed by atoms with Crippen LogP contribution in [-0.4, -0.2) is 23.6 Å². The average Bonchev–Trinajstić information content (AvgIpc) is 3.25. The van der Waals surface area contributed by atoms with Crippen molar-refractivity contribution < 1.29 is 18.3 Å². The highest BCUT2D eigenvalue weighted by molar-refractivity contribution is 6.06. The summed E-state index contributed by atoms with van der Waals surface area (Å²) in [7, 11) is 1.59. The summed E-state index contributed by atoms with van der Waals surface area (Å²) in [6.07, 6.45) is 7.71. The van der Waals surface area contributed by atoms with Crippen molar-refractivity contribution in [3.63, 3.8) is 0 Å². The van der Waals surface area contributed by atoms with E-state index in [1.807, 2.05) is 28.8 Å². The molecule has 2 fully saturated rings. The predicted molar refractivity (Wildman–Crippen MR) is 136 cm³/mol. The van der Waals surface area contributed by atoms with Crippen LogP contribution in [0.4, 0.5) is 8.78 Å². The van der Waals surface area contributed by atoms with Crippen LogP contribution in [0.1, 0.15) is 48.0 Å². The van der Waals surface area contributed by atoms with E-state index in [0.29, 0.717) is 34.2 Å². The van der Waals surface area contributed by atoms with Crippen LogP contribution in [0.3, 0.4) is 0 Å². The van der Waals surface area contributed by atoms with Gasteiger partial charge in [-0.25, -0.2) is 8.78 Å². The Labute approximate surface area is 208 Å². The van der Waals surface area contributed by atoms with Gasteiger partial charge in [-0.3, -0.25) is 4.79 Å². The van der Waals surface area contributed by atoms with Crippen molar-refractivity contribution >= 4 is 16.8 Å². The van der Waals surface area contributed by atoms with Crippen molar-refractivity contribution in [3.8, 4) is 16.9 Å². The van der Waals surface area contributed by atoms with Gasteiger partial charge in [-0.15, -0.1) is 0 Å². The van der Waals surface area contributed by atoms with Gasteiger partial charge in [-0.1, -0.05) is 30.7 Å². The topological polar surface area (TPSA) is 43.3 Å². The standard InChI is InChI=1S/C30H28F2N2O2/c1-36-27-15-20(19-4-2-5-22(31)14-19)6-7-21(27)18-34-13-10-24-26(32)9-8-25(28(24)34)29(35)33-23-16-30(17-23)11-3-12-30/h2,4-10,13-15,23H,3,11-12,16-18H2,1H3,(H,33,35). The van der Waals surface area contributed by atoms with Crippen molar-refractivity contribution in [2.24, 2.45) is 5.41 Å². The first-order valence-corrected chi connectivity index (χ1v) is 12.5. The summed E-state index contributed by atoms with van der Waals surface area (Å²) < 4.78 is 36.0.